The van der Waals surface area contributed by atoms with E-state index in [9.17, 15) is 27.5 Å². The summed E-state index contributed by atoms with van der Waals surface area (Å²) in [6.45, 7) is -1.02. The number of nitrogens with one attached hydrogen (secondary N) is 1. The number of aliphatic hydroxyl groups excluding tert-OH is 1. The average Bonchev–Trinajstić information content (AvgIpc) is 3.10. The van der Waals surface area contributed by atoms with Crippen molar-refractivity contribution in [3.8, 4) is 0 Å². The molecule has 1 aliphatic rings. The zero-order valence-corrected chi connectivity index (χ0v) is 15.8. The van der Waals surface area contributed by atoms with Crippen LogP contribution in [0, 0.1) is 5.82 Å². The van der Waals surface area contributed by atoms with Gasteiger partial charge in [0.2, 0.25) is 16.0 Å². The third-order valence-corrected chi connectivity index (χ3v) is 5.98. The Balaban J connectivity index is 1.67. The van der Waals surface area contributed by atoms with Crippen LogP contribution < -0.4 is 5.32 Å². The first-order valence-corrected chi connectivity index (χ1v) is 9.90. The van der Waals surface area contributed by atoms with Gasteiger partial charge in [-0.1, -0.05) is 0 Å². The number of aliphatic hydroxyl groups is 1. The second kappa shape index (κ2) is 8.59. The number of hydrogen-bond acceptors (Lipinski definition) is 8. The van der Waals surface area contributed by atoms with E-state index in [2.05, 4.69) is 15.3 Å². The van der Waals surface area contributed by atoms with Crippen molar-refractivity contribution in [2.75, 3.05) is 18.5 Å². The molecule has 1 aliphatic heterocycles. The highest BCUT2D eigenvalue weighted by Crippen LogP contribution is 2.27. The zero-order valence-electron chi connectivity index (χ0n) is 14.9. The van der Waals surface area contributed by atoms with Gasteiger partial charge in [0.05, 0.1) is 11.0 Å². The number of nitrogens with zero attached hydrogens (tertiary/aromatic N) is 3. The SMILES string of the molecule is O=C(COC(=O)[C@@H]1C[C@@H](O)CN1S(=O)(=O)c1ccc(F)cc1)Nc1ncccn1. The van der Waals surface area contributed by atoms with E-state index < -0.39 is 46.5 Å². The molecule has 2 heterocycles. The summed E-state index contributed by atoms with van der Waals surface area (Å²) < 4.78 is 44.3. The molecule has 1 saturated heterocycles. The second-order valence-electron chi connectivity index (χ2n) is 6.16. The first-order chi connectivity index (χ1) is 13.8. The highest BCUT2D eigenvalue weighted by Gasteiger charge is 2.44. The van der Waals surface area contributed by atoms with E-state index in [0.29, 0.717) is 0 Å². The van der Waals surface area contributed by atoms with E-state index in [1.165, 1.54) is 12.4 Å². The lowest BCUT2D eigenvalue weighted by molar-refractivity contribution is -0.150. The Morgan fingerprint density at radius 2 is 1.90 bits per heavy atom. The molecule has 2 aromatic rings. The number of rotatable bonds is 6. The van der Waals surface area contributed by atoms with Crippen LogP contribution in [0.15, 0.2) is 47.6 Å². The summed E-state index contributed by atoms with van der Waals surface area (Å²) in [5, 5.41) is 12.2. The fraction of sp³-hybridized carbons (Fsp3) is 0.294. The minimum Gasteiger partial charge on any atom is -0.454 e. The first kappa shape index (κ1) is 20.8. The van der Waals surface area contributed by atoms with Crippen LogP contribution in [-0.2, 0) is 24.3 Å². The lowest BCUT2D eigenvalue weighted by Gasteiger charge is -2.22. The van der Waals surface area contributed by atoms with Crippen molar-refractivity contribution in [1.29, 1.82) is 0 Å². The Hall–Kier alpha value is -2.96. The van der Waals surface area contributed by atoms with Gasteiger partial charge in [0.15, 0.2) is 6.61 Å². The van der Waals surface area contributed by atoms with Crippen molar-refractivity contribution >= 4 is 27.8 Å². The Labute approximate surface area is 165 Å². The Morgan fingerprint density at radius 3 is 2.55 bits per heavy atom. The highest BCUT2D eigenvalue weighted by molar-refractivity contribution is 7.89. The van der Waals surface area contributed by atoms with Crippen molar-refractivity contribution in [3.63, 3.8) is 0 Å². The molecule has 10 nitrogen and oxygen atoms in total. The fourth-order valence-corrected chi connectivity index (χ4v) is 4.39. The average molecular weight is 424 g/mol. The van der Waals surface area contributed by atoms with Crippen LogP contribution in [-0.4, -0.2) is 65.0 Å². The molecule has 0 radical (unpaired) electrons. The van der Waals surface area contributed by atoms with Crippen LogP contribution in [0.5, 0.6) is 0 Å². The highest BCUT2D eigenvalue weighted by atomic mass is 32.2. The van der Waals surface area contributed by atoms with Crippen LogP contribution in [0.25, 0.3) is 0 Å². The second-order valence-corrected chi connectivity index (χ2v) is 8.05. The number of hydrogen-bond donors (Lipinski definition) is 2. The number of halogens is 1. The largest absolute Gasteiger partial charge is 0.454 e. The van der Waals surface area contributed by atoms with Gasteiger partial charge < -0.3 is 9.84 Å². The minimum absolute atomic E-state index is 0.0188. The van der Waals surface area contributed by atoms with E-state index in [1.807, 2.05) is 0 Å². The number of ether oxygens (including phenoxy) is 1. The summed E-state index contributed by atoms with van der Waals surface area (Å²) in [7, 11) is -4.18. The van der Waals surface area contributed by atoms with E-state index in [1.54, 1.807) is 6.07 Å². The van der Waals surface area contributed by atoms with Crippen molar-refractivity contribution in [2.45, 2.75) is 23.5 Å². The van der Waals surface area contributed by atoms with Gasteiger partial charge in [0.25, 0.3) is 5.91 Å². The van der Waals surface area contributed by atoms with Gasteiger partial charge in [0.1, 0.15) is 11.9 Å². The fourth-order valence-electron chi connectivity index (χ4n) is 2.76. The maximum Gasteiger partial charge on any atom is 0.325 e. The van der Waals surface area contributed by atoms with Crippen LogP contribution in [0.1, 0.15) is 6.42 Å². The molecule has 3 rings (SSSR count). The number of esters is 1. The van der Waals surface area contributed by atoms with Crippen LogP contribution in [0.3, 0.4) is 0 Å². The maximum atomic E-state index is 13.1. The predicted octanol–water partition coefficient (Wildman–Crippen LogP) is -0.0785. The molecule has 1 aromatic heterocycles. The van der Waals surface area contributed by atoms with Gasteiger partial charge in [-0.05, 0) is 30.3 Å². The lowest BCUT2D eigenvalue weighted by atomic mass is 10.2. The quantitative estimate of drug-likeness (QED) is 0.614. The van der Waals surface area contributed by atoms with E-state index in [-0.39, 0.29) is 23.8 Å². The third kappa shape index (κ3) is 4.91. The van der Waals surface area contributed by atoms with Gasteiger partial charge in [0, 0.05) is 25.4 Å². The van der Waals surface area contributed by atoms with Crippen LogP contribution >= 0.6 is 0 Å². The minimum atomic E-state index is -4.18. The molecule has 0 unspecified atom stereocenters. The molecule has 1 fully saturated rings. The number of benzene rings is 1. The van der Waals surface area contributed by atoms with Crippen molar-refractivity contribution in [3.05, 3.63) is 48.5 Å². The third-order valence-electron chi connectivity index (χ3n) is 4.09. The molecule has 2 N–H and O–H groups in total. The van der Waals surface area contributed by atoms with E-state index >= 15 is 0 Å². The molecule has 0 spiro atoms. The lowest BCUT2D eigenvalue weighted by Crippen LogP contribution is -2.42. The zero-order chi connectivity index (χ0) is 21.0. The normalized spacial score (nSPS) is 19.7. The molecule has 1 aromatic carbocycles. The van der Waals surface area contributed by atoms with E-state index in [0.717, 1.165) is 28.6 Å². The number of amides is 1. The van der Waals surface area contributed by atoms with Crippen LogP contribution in [0.2, 0.25) is 0 Å². The number of β-amino-alcohol motifs (C(OH)–C–C–N with tert-alkyl or cyclic N) is 1. The number of anilines is 1. The Kier molecular flexibility index (Phi) is 6.15. The molecule has 1 amide bonds. The first-order valence-electron chi connectivity index (χ1n) is 8.46. The molecule has 0 aliphatic carbocycles. The van der Waals surface area contributed by atoms with Crippen molar-refractivity contribution in [1.82, 2.24) is 14.3 Å². The topological polar surface area (TPSA) is 139 Å². The molecule has 0 bridgehead atoms. The van der Waals surface area contributed by atoms with Gasteiger partial charge in [-0.25, -0.2) is 22.8 Å². The molecule has 29 heavy (non-hydrogen) atoms. The number of carbonyl (C=O) groups is 2. The van der Waals surface area contributed by atoms with Gasteiger partial charge in [-0.3, -0.25) is 14.9 Å². The van der Waals surface area contributed by atoms with Gasteiger partial charge >= 0.3 is 5.97 Å². The summed E-state index contributed by atoms with van der Waals surface area (Å²) in [6, 6.07) is 4.31. The molecule has 0 saturated carbocycles. The number of sulfonamides is 1. The molecule has 12 heteroatoms. The van der Waals surface area contributed by atoms with E-state index in [4.69, 9.17) is 4.74 Å². The maximum absolute atomic E-state index is 13.1. The monoisotopic (exact) mass is 424 g/mol. The summed E-state index contributed by atoms with van der Waals surface area (Å²) in [5.74, 6) is -2.30. The summed E-state index contributed by atoms with van der Waals surface area (Å²) in [4.78, 5) is 31.6. The summed E-state index contributed by atoms with van der Waals surface area (Å²) in [5.41, 5.74) is 0. The Morgan fingerprint density at radius 1 is 1.24 bits per heavy atom. The van der Waals surface area contributed by atoms with Gasteiger partial charge in [-0.2, -0.15) is 4.31 Å². The van der Waals surface area contributed by atoms with Crippen molar-refractivity contribution < 1.29 is 32.2 Å². The summed E-state index contributed by atoms with van der Waals surface area (Å²) >= 11 is 0. The molecule has 2 atom stereocenters. The molecule has 154 valence electrons. The smallest absolute Gasteiger partial charge is 0.325 e. The predicted molar refractivity (Wildman–Crippen MR) is 96.3 cm³/mol. The van der Waals surface area contributed by atoms with Crippen molar-refractivity contribution in [2.24, 2.45) is 0 Å². The molecular formula is C17H17FN4O6S. The number of aromatic nitrogens is 2. The molecular weight excluding hydrogens is 407 g/mol. The number of carbonyl (C=O) groups excluding carboxylic acids is 2. The Bertz CT molecular complexity index is 987. The standard InChI is InChI=1S/C17H17FN4O6S/c18-11-2-4-13(5-3-11)29(26,27)22-9-12(23)8-14(22)16(25)28-10-15(24)21-17-19-6-1-7-20-17/h1-7,12,14,23H,8-10H2,(H,19,20,21,24)/t12-,14+/m1/s1. The summed E-state index contributed by atoms with van der Waals surface area (Å²) in [6.07, 6.45) is 1.54. The van der Waals surface area contributed by atoms with Crippen LogP contribution in [0.4, 0.5) is 10.3 Å². The van der Waals surface area contributed by atoms with Gasteiger partial charge in [-0.15, -0.1) is 0 Å².